The van der Waals surface area contributed by atoms with Crippen molar-refractivity contribution in [2.75, 3.05) is 0 Å². The maximum Gasteiger partial charge on any atom is 0.262 e. The zero-order valence-electron chi connectivity index (χ0n) is 19.0. The van der Waals surface area contributed by atoms with Gasteiger partial charge in [-0.15, -0.1) is 0 Å². The summed E-state index contributed by atoms with van der Waals surface area (Å²) in [6.07, 6.45) is 0. The first kappa shape index (κ1) is 25.6. The SMILES string of the molecule is O=P([O-])(O)O.c1ccc(C[N+](Cc2ccccc2)(Cc2ccccc2)Cc2ccccc2)cc1. The van der Waals surface area contributed by atoms with E-state index in [1.165, 1.54) is 22.3 Å². The Kier molecular flexibility index (Phi) is 9.34. The van der Waals surface area contributed by atoms with Crippen LogP contribution in [-0.2, 0) is 30.7 Å². The smallest absolute Gasteiger partial charge is 0.262 e. The van der Waals surface area contributed by atoms with Gasteiger partial charge in [-0.1, -0.05) is 121 Å². The molecule has 5 nitrogen and oxygen atoms in total. The zero-order chi connectivity index (χ0) is 24.3. The van der Waals surface area contributed by atoms with Crippen molar-refractivity contribution >= 4 is 7.82 Å². The van der Waals surface area contributed by atoms with Gasteiger partial charge in [-0.05, 0) is 0 Å². The van der Waals surface area contributed by atoms with Crippen molar-refractivity contribution in [2.24, 2.45) is 0 Å². The fraction of sp³-hybridized carbons (Fsp3) is 0.143. The molecule has 176 valence electrons. The molecule has 0 aliphatic carbocycles. The number of rotatable bonds is 8. The van der Waals surface area contributed by atoms with E-state index in [-0.39, 0.29) is 0 Å². The molecule has 0 saturated carbocycles. The molecule has 2 N–H and O–H groups in total. The summed E-state index contributed by atoms with van der Waals surface area (Å²) in [5, 5.41) is 0. The zero-order valence-corrected chi connectivity index (χ0v) is 19.9. The van der Waals surface area contributed by atoms with Gasteiger partial charge in [-0.2, -0.15) is 0 Å². The lowest BCUT2D eigenvalue weighted by Gasteiger charge is -2.39. The van der Waals surface area contributed by atoms with E-state index in [1.807, 2.05) is 0 Å². The summed E-state index contributed by atoms with van der Waals surface area (Å²) in [6, 6.07) is 43.7. The average Bonchev–Trinajstić information content (AvgIpc) is 2.80. The minimum absolute atomic E-state index is 0.960. The highest BCUT2D eigenvalue weighted by atomic mass is 31.2. The molecule has 34 heavy (non-hydrogen) atoms. The van der Waals surface area contributed by atoms with Crippen LogP contribution in [0.5, 0.6) is 0 Å². The number of quaternary nitrogens is 1. The van der Waals surface area contributed by atoms with E-state index in [9.17, 15) is 0 Å². The van der Waals surface area contributed by atoms with Crippen LogP contribution in [0.25, 0.3) is 0 Å². The van der Waals surface area contributed by atoms with Crippen molar-refractivity contribution in [3.8, 4) is 0 Å². The average molecular weight is 476 g/mol. The van der Waals surface area contributed by atoms with Crippen molar-refractivity contribution in [3.05, 3.63) is 144 Å². The molecule has 0 spiro atoms. The van der Waals surface area contributed by atoms with Crippen LogP contribution in [-0.4, -0.2) is 14.3 Å². The van der Waals surface area contributed by atoms with Crippen LogP contribution in [0.1, 0.15) is 22.3 Å². The Bertz CT molecular complexity index is 970. The number of hydrogen-bond donors (Lipinski definition) is 2. The first-order valence-electron chi connectivity index (χ1n) is 11.1. The molecular formula is C28H30NO4P. The second-order valence-electron chi connectivity index (χ2n) is 8.41. The van der Waals surface area contributed by atoms with Crippen molar-refractivity contribution < 1.29 is 23.7 Å². The Morgan fingerprint density at radius 2 is 0.676 bits per heavy atom. The Morgan fingerprint density at radius 3 is 0.853 bits per heavy atom. The standard InChI is InChI=1S/C28H28N.H3O4P/c1-5-13-25(14-6-1)21-29(22-26-15-7-2-8-16-26,23-27-17-9-3-10-18-27)24-28-19-11-4-12-20-28;1-5(2,3)4/h1-20H,21-24H2;(H3,1,2,3,4)/q+1;/p-1. The van der Waals surface area contributed by atoms with Gasteiger partial charge in [0.2, 0.25) is 0 Å². The van der Waals surface area contributed by atoms with Crippen LogP contribution in [0.4, 0.5) is 0 Å². The molecule has 0 saturated heterocycles. The van der Waals surface area contributed by atoms with Crippen LogP contribution in [0, 0.1) is 0 Å². The van der Waals surface area contributed by atoms with E-state index >= 15 is 0 Å². The quantitative estimate of drug-likeness (QED) is 0.276. The molecule has 4 rings (SSSR count). The summed E-state index contributed by atoms with van der Waals surface area (Å²) in [5.41, 5.74) is 5.54. The summed E-state index contributed by atoms with van der Waals surface area (Å²) < 4.78 is 9.73. The predicted molar refractivity (Wildman–Crippen MR) is 133 cm³/mol. The summed E-state index contributed by atoms with van der Waals surface area (Å²) in [4.78, 5) is 22.9. The summed E-state index contributed by atoms with van der Waals surface area (Å²) in [6.45, 7) is 4.00. The highest BCUT2D eigenvalue weighted by Crippen LogP contribution is 2.27. The third-order valence-corrected chi connectivity index (χ3v) is 5.44. The molecule has 0 aliphatic heterocycles. The minimum Gasteiger partial charge on any atom is -0.756 e. The van der Waals surface area contributed by atoms with Gasteiger partial charge in [0.05, 0.1) is 0 Å². The first-order valence-corrected chi connectivity index (χ1v) is 12.6. The van der Waals surface area contributed by atoms with Gasteiger partial charge >= 0.3 is 0 Å². The lowest BCUT2D eigenvalue weighted by molar-refractivity contribution is -0.978. The fourth-order valence-electron chi connectivity index (χ4n) is 4.22. The van der Waals surface area contributed by atoms with Crippen molar-refractivity contribution in [1.29, 1.82) is 0 Å². The molecule has 0 atom stereocenters. The Hall–Kier alpha value is -3.05. The maximum atomic E-state index is 8.77. The van der Waals surface area contributed by atoms with Crippen LogP contribution < -0.4 is 4.89 Å². The molecule has 0 amide bonds. The fourth-order valence-corrected chi connectivity index (χ4v) is 4.22. The number of benzene rings is 4. The maximum absolute atomic E-state index is 8.77. The van der Waals surface area contributed by atoms with Gasteiger partial charge < -0.3 is 19.2 Å². The van der Waals surface area contributed by atoms with E-state index in [0.29, 0.717) is 0 Å². The summed E-state index contributed by atoms with van der Waals surface area (Å²) >= 11 is 0. The molecule has 0 unspecified atom stereocenters. The van der Waals surface area contributed by atoms with Crippen molar-refractivity contribution in [1.82, 2.24) is 0 Å². The topological polar surface area (TPSA) is 80.6 Å². The van der Waals surface area contributed by atoms with Crippen LogP contribution in [0.15, 0.2) is 121 Å². The van der Waals surface area contributed by atoms with Crippen LogP contribution in [0.3, 0.4) is 0 Å². The molecule has 6 heteroatoms. The number of phosphoric acid groups is 1. The van der Waals surface area contributed by atoms with E-state index in [0.717, 1.165) is 30.7 Å². The predicted octanol–water partition coefficient (Wildman–Crippen LogP) is 5.04. The molecule has 0 bridgehead atoms. The highest BCUT2D eigenvalue weighted by Gasteiger charge is 2.29. The van der Waals surface area contributed by atoms with Gasteiger partial charge in [0, 0.05) is 22.3 Å². The molecule has 0 heterocycles. The van der Waals surface area contributed by atoms with Gasteiger partial charge in [0.25, 0.3) is 7.82 Å². The van der Waals surface area contributed by atoms with E-state index in [1.54, 1.807) is 0 Å². The van der Waals surface area contributed by atoms with E-state index in [2.05, 4.69) is 121 Å². The summed E-state index contributed by atoms with van der Waals surface area (Å²) in [5.74, 6) is 0. The second-order valence-corrected chi connectivity index (χ2v) is 9.39. The highest BCUT2D eigenvalue weighted by molar-refractivity contribution is 7.43. The Balaban J connectivity index is 0.000000588. The number of hydrogen-bond acceptors (Lipinski definition) is 2. The van der Waals surface area contributed by atoms with Crippen LogP contribution >= 0.6 is 7.82 Å². The third-order valence-electron chi connectivity index (χ3n) is 5.44. The Morgan fingerprint density at radius 1 is 0.500 bits per heavy atom. The van der Waals surface area contributed by atoms with E-state index < -0.39 is 7.82 Å². The first-order chi connectivity index (χ1) is 16.3. The third kappa shape index (κ3) is 9.44. The molecular weight excluding hydrogens is 445 g/mol. The molecule has 4 aromatic rings. The van der Waals surface area contributed by atoms with Crippen molar-refractivity contribution in [2.45, 2.75) is 26.2 Å². The minimum atomic E-state index is -4.89. The number of nitrogens with zero attached hydrogens (tertiary/aromatic N) is 1. The molecule has 0 aliphatic rings. The molecule has 0 radical (unpaired) electrons. The Labute approximate surface area is 201 Å². The van der Waals surface area contributed by atoms with E-state index in [4.69, 9.17) is 19.2 Å². The van der Waals surface area contributed by atoms with Crippen LogP contribution in [0.2, 0.25) is 0 Å². The lowest BCUT2D eigenvalue weighted by Crippen LogP contribution is -2.45. The largest absolute Gasteiger partial charge is 0.756 e. The normalized spacial score (nSPS) is 11.4. The second kappa shape index (κ2) is 12.4. The molecule has 0 fully saturated rings. The van der Waals surface area contributed by atoms with Gasteiger partial charge in [0.1, 0.15) is 26.2 Å². The monoisotopic (exact) mass is 475 g/mol. The molecule has 0 aromatic heterocycles. The van der Waals surface area contributed by atoms with Gasteiger partial charge in [-0.25, -0.2) is 0 Å². The lowest BCUT2D eigenvalue weighted by atomic mass is 10.0. The molecule has 4 aromatic carbocycles. The van der Waals surface area contributed by atoms with Gasteiger partial charge in [0.15, 0.2) is 0 Å². The van der Waals surface area contributed by atoms with Gasteiger partial charge in [-0.3, -0.25) is 4.57 Å². The van der Waals surface area contributed by atoms with Crippen molar-refractivity contribution in [3.63, 3.8) is 0 Å². The summed E-state index contributed by atoms with van der Waals surface area (Å²) in [7, 11) is -4.89.